The summed E-state index contributed by atoms with van der Waals surface area (Å²) in [6.45, 7) is 8.58. The van der Waals surface area contributed by atoms with E-state index in [1.165, 1.54) is 0 Å². The van der Waals surface area contributed by atoms with Gasteiger partial charge in [-0.25, -0.2) is 0 Å². The molecule has 0 aliphatic heterocycles. The van der Waals surface area contributed by atoms with Crippen LogP contribution in [0.5, 0.6) is 0 Å². The van der Waals surface area contributed by atoms with Gasteiger partial charge < -0.3 is 10.4 Å². The van der Waals surface area contributed by atoms with Gasteiger partial charge in [-0.3, -0.25) is 0 Å². The molecule has 1 aromatic heterocycles. The SMILES string of the molecule is Cc1c(Cl)nnc(NCC(C)(C)CO)c1C. The zero-order valence-corrected chi connectivity index (χ0v) is 10.9. The summed E-state index contributed by atoms with van der Waals surface area (Å²) in [4.78, 5) is 0. The number of nitrogens with zero attached hydrogens (tertiary/aromatic N) is 2. The molecule has 0 fully saturated rings. The molecule has 0 radical (unpaired) electrons. The van der Waals surface area contributed by atoms with E-state index in [9.17, 15) is 0 Å². The molecule has 0 saturated carbocycles. The molecule has 0 aliphatic rings. The maximum atomic E-state index is 9.14. The minimum atomic E-state index is -0.179. The van der Waals surface area contributed by atoms with Crippen molar-refractivity contribution < 1.29 is 5.11 Å². The van der Waals surface area contributed by atoms with Gasteiger partial charge in [-0.2, -0.15) is 0 Å². The van der Waals surface area contributed by atoms with Crippen LogP contribution in [-0.2, 0) is 0 Å². The second-order valence-electron chi connectivity index (χ2n) is 4.77. The largest absolute Gasteiger partial charge is 0.396 e. The molecule has 0 saturated heterocycles. The Morgan fingerprint density at radius 2 is 1.88 bits per heavy atom. The van der Waals surface area contributed by atoms with Crippen molar-refractivity contribution in [3.8, 4) is 0 Å². The van der Waals surface area contributed by atoms with Gasteiger partial charge in [0.05, 0.1) is 0 Å². The predicted molar refractivity (Wildman–Crippen MR) is 65.9 cm³/mol. The highest BCUT2D eigenvalue weighted by Crippen LogP contribution is 2.22. The lowest BCUT2D eigenvalue weighted by Crippen LogP contribution is -2.27. The van der Waals surface area contributed by atoms with Gasteiger partial charge in [0.25, 0.3) is 0 Å². The van der Waals surface area contributed by atoms with Gasteiger partial charge in [-0.05, 0) is 25.0 Å². The predicted octanol–water partition coefficient (Wildman–Crippen LogP) is 2.18. The van der Waals surface area contributed by atoms with Crippen LogP contribution in [0.4, 0.5) is 5.82 Å². The third kappa shape index (κ3) is 3.06. The van der Waals surface area contributed by atoms with E-state index >= 15 is 0 Å². The Morgan fingerprint density at radius 1 is 1.25 bits per heavy atom. The van der Waals surface area contributed by atoms with E-state index in [2.05, 4.69) is 15.5 Å². The number of halogens is 1. The number of hydrogen-bond acceptors (Lipinski definition) is 4. The van der Waals surface area contributed by atoms with Crippen molar-refractivity contribution in [2.45, 2.75) is 27.7 Å². The Bertz CT molecular complexity index is 380. The molecule has 0 spiro atoms. The third-order valence-corrected chi connectivity index (χ3v) is 2.99. The number of aliphatic hydroxyl groups is 1. The Hall–Kier alpha value is -0.870. The minimum absolute atomic E-state index is 0.124. The molecule has 1 rings (SSSR count). The molecule has 0 atom stereocenters. The number of hydrogen-bond donors (Lipinski definition) is 2. The van der Waals surface area contributed by atoms with Crippen LogP contribution in [0.2, 0.25) is 5.15 Å². The Balaban J connectivity index is 2.80. The molecule has 0 amide bonds. The van der Waals surface area contributed by atoms with Gasteiger partial charge in [0.15, 0.2) is 11.0 Å². The molecule has 16 heavy (non-hydrogen) atoms. The first-order valence-electron chi connectivity index (χ1n) is 5.21. The van der Waals surface area contributed by atoms with Crippen molar-refractivity contribution in [1.29, 1.82) is 0 Å². The van der Waals surface area contributed by atoms with Gasteiger partial charge in [0, 0.05) is 18.6 Å². The molecule has 0 bridgehead atoms. The number of nitrogens with one attached hydrogen (secondary N) is 1. The number of rotatable bonds is 4. The smallest absolute Gasteiger partial charge is 0.155 e. The summed E-state index contributed by atoms with van der Waals surface area (Å²) < 4.78 is 0. The van der Waals surface area contributed by atoms with Crippen molar-refractivity contribution >= 4 is 17.4 Å². The maximum Gasteiger partial charge on any atom is 0.155 e. The van der Waals surface area contributed by atoms with Crippen LogP contribution in [0.25, 0.3) is 0 Å². The van der Waals surface area contributed by atoms with E-state index < -0.39 is 0 Å². The maximum absolute atomic E-state index is 9.14. The summed E-state index contributed by atoms with van der Waals surface area (Å²) in [5, 5.41) is 20.6. The second kappa shape index (κ2) is 4.97. The average Bonchev–Trinajstić information content (AvgIpc) is 2.25. The Labute approximate surface area is 101 Å². The lowest BCUT2D eigenvalue weighted by atomic mass is 9.95. The summed E-state index contributed by atoms with van der Waals surface area (Å²) in [5.74, 6) is 0.725. The van der Waals surface area contributed by atoms with E-state index in [0.717, 1.165) is 16.9 Å². The first kappa shape index (κ1) is 13.2. The number of aromatic nitrogens is 2. The van der Waals surface area contributed by atoms with Gasteiger partial charge >= 0.3 is 0 Å². The zero-order valence-electron chi connectivity index (χ0n) is 10.1. The third-order valence-electron chi connectivity index (χ3n) is 2.63. The molecule has 0 unspecified atom stereocenters. The second-order valence-corrected chi connectivity index (χ2v) is 5.12. The molecule has 0 aliphatic carbocycles. The van der Waals surface area contributed by atoms with Crippen molar-refractivity contribution in [2.75, 3.05) is 18.5 Å². The van der Waals surface area contributed by atoms with Crippen LogP contribution in [-0.4, -0.2) is 28.5 Å². The monoisotopic (exact) mass is 243 g/mol. The molecule has 4 nitrogen and oxygen atoms in total. The van der Waals surface area contributed by atoms with Crippen LogP contribution >= 0.6 is 11.6 Å². The highest BCUT2D eigenvalue weighted by Gasteiger charge is 2.17. The fourth-order valence-corrected chi connectivity index (χ4v) is 1.30. The summed E-state index contributed by atoms with van der Waals surface area (Å²) in [5.41, 5.74) is 1.75. The fourth-order valence-electron chi connectivity index (χ4n) is 1.12. The molecule has 0 aromatic carbocycles. The van der Waals surface area contributed by atoms with Crippen LogP contribution in [0.3, 0.4) is 0 Å². The molecule has 1 aromatic rings. The van der Waals surface area contributed by atoms with Crippen molar-refractivity contribution in [1.82, 2.24) is 10.2 Å². The van der Waals surface area contributed by atoms with Gasteiger partial charge in [0.2, 0.25) is 0 Å². The van der Waals surface area contributed by atoms with E-state index in [4.69, 9.17) is 16.7 Å². The fraction of sp³-hybridized carbons (Fsp3) is 0.636. The van der Waals surface area contributed by atoms with Crippen LogP contribution in [0.1, 0.15) is 25.0 Å². The molecular weight excluding hydrogens is 226 g/mol. The van der Waals surface area contributed by atoms with Crippen molar-refractivity contribution in [3.05, 3.63) is 16.3 Å². The Kier molecular flexibility index (Phi) is 4.10. The van der Waals surface area contributed by atoms with Crippen LogP contribution in [0.15, 0.2) is 0 Å². The highest BCUT2D eigenvalue weighted by molar-refractivity contribution is 6.30. The molecule has 90 valence electrons. The molecular formula is C11H18ClN3O. The van der Waals surface area contributed by atoms with Gasteiger partial charge in [-0.15, -0.1) is 10.2 Å². The number of aliphatic hydroxyl groups excluding tert-OH is 1. The van der Waals surface area contributed by atoms with Crippen LogP contribution < -0.4 is 5.32 Å². The van der Waals surface area contributed by atoms with Crippen molar-refractivity contribution in [2.24, 2.45) is 5.41 Å². The standard InChI is InChI=1S/C11H18ClN3O/c1-7-8(2)10(15-14-9(7)12)13-5-11(3,4)6-16/h16H,5-6H2,1-4H3,(H,13,15). The number of anilines is 1. The molecule has 5 heteroatoms. The quantitative estimate of drug-likeness (QED) is 0.851. The van der Waals surface area contributed by atoms with E-state index in [1.54, 1.807) is 0 Å². The average molecular weight is 244 g/mol. The van der Waals surface area contributed by atoms with Crippen molar-refractivity contribution in [3.63, 3.8) is 0 Å². The first-order chi connectivity index (χ1) is 7.37. The highest BCUT2D eigenvalue weighted by atomic mass is 35.5. The van der Waals surface area contributed by atoms with Crippen LogP contribution in [0, 0.1) is 19.3 Å². The normalized spacial score (nSPS) is 11.6. The summed E-state index contributed by atoms with van der Waals surface area (Å²) in [6.07, 6.45) is 0. The van der Waals surface area contributed by atoms with E-state index in [1.807, 2.05) is 27.7 Å². The zero-order chi connectivity index (χ0) is 12.3. The van der Waals surface area contributed by atoms with E-state index in [0.29, 0.717) is 11.7 Å². The summed E-state index contributed by atoms with van der Waals surface area (Å²) >= 11 is 5.86. The lowest BCUT2D eigenvalue weighted by molar-refractivity contribution is 0.170. The topological polar surface area (TPSA) is 58.0 Å². The summed E-state index contributed by atoms with van der Waals surface area (Å²) in [6, 6.07) is 0. The van der Waals surface area contributed by atoms with Gasteiger partial charge in [-0.1, -0.05) is 25.4 Å². The Morgan fingerprint density at radius 3 is 2.44 bits per heavy atom. The molecule has 1 heterocycles. The van der Waals surface area contributed by atoms with E-state index in [-0.39, 0.29) is 12.0 Å². The molecule has 2 N–H and O–H groups in total. The lowest BCUT2D eigenvalue weighted by Gasteiger charge is -2.22. The first-order valence-corrected chi connectivity index (χ1v) is 5.59. The summed E-state index contributed by atoms with van der Waals surface area (Å²) in [7, 11) is 0. The minimum Gasteiger partial charge on any atom is -0.396 e. The van der Waals surface area contributed by atoms with Gasteiger partial charge in [0.1, 0.15) is 0 Å².